The van der Waals surface area contributed by atoms with Crippen molar-refractivity contribution in [2.45, 2.75) is 12.8 Å². The zero-order valence-electron chi connectivity index (χ0n) is 11.4. The minimum Gasteiger partial charge on any atom is -0.481 e. The third kappa shape index (κ3) is 3.43. The maximum absolute atomic E-state index is 12.2. The van der Waals surface area contributed by atoms with Crippen molar-refractivity contribution < 1.29 is 14.7 Å². The van der Waals surface area contributed by atoms with Crippen LogP contribution >= 0.6 is 0 Å². The van der Waals surface area contributed by atoms with Crippen LogP contribution in [0.4, 0.5) is 5.95 Å². The van der Waals surface area contributed by atoms with E-state index in [0.29, 0.717) is 18.9 Å². The van der Waals surface area contributed by atoms with Crippen LogP contribution in [-0.4, -0.2) is 58.5 Å². The highest BCUT2D eigenvalue weighted by molar-refractivity contribution is 5.81. The molecule has 2 heterocycles. The molecule has 7 nitrogen and oxygen atoms in total. The number of hydrogen-bond donors (Lipinski definition) is 1. The lowest BCUT2D eigenvalue weighted by Gasteiger charge is -2.32. The van der Waals surface area contributed by atoms with Gasteiger partial charge in [0.2, 0.25) is 11.9 Å². The summed E-state index contributed by atoms with van der Waals surface area (Å²) < 4.78 is 0. The summed E-state index contributed by atoms with van der Waals surface area (Å²) in [5.41, 5.74) is 0. The number of carboxylic acids is 1. The molecule has 1 N–H and O–H groups in total. The molecule has 1 aliphatic rings. The monoisotopic (exact) mass is 278 g/mol. The summed E-state index contributed by atoms with van der Waals surface area (Å²) in [4.78, 5) is 34.6. The summed E-state index contributed by atoms with van der Waals surface area (Å²) in [5, 5.41) is 9.03. The van der Waals surface area contributed by atoms with Crippen LogP contribution < -0.4 is 4.90 Å². The number of carboxylic acid groups (broad SMARTS) is 1. The van der Waals surface area contributed by atoms with Crippen molar-refractivity contribution in [1.29, 1.82) is 0 Å². The largest absolute Gasteiger partial charge is 0.481 e. The van der Waals surface area contributed by atoms with Crippen molar-refractivity contribution in [3.8, 4) is 0 Å². The van der Waals surface area contributed by atoms with Crippen LogP contribution in [0, 0.1) is 5.92 Å². The molecule has 1 atom stereocenters. The Kier molecular flexibility index (Phi) is 4.49. The van der Waals surface area contributed by atoms with Gasteiger partial charge in [0, 0.05) is 32.5 Å². The fraction of sp³-hybridized carbons (Fsp3) is 0.538. The number of amides is 1. The smallest absolute Gasteiger partial charge is 0.308 e. The molecule has 1 saturated heterocycles. The molecule has 0 spiro atoms. The number of piperidine rings is 1. The van der Waals surface area contributed by atoms with E-state index >= 15 is 0 Å². The molecule has 1 fully saturated rings. The van der Waals surface area contributed by atoms with E-state index in [9.17, 15) is 9.59 Å². The Labute approximate surface area is 117 Å². The molecule has 1 amide bonds. The zero-order chi connectivity index (χ0) is 14.5. The minimum atomic E-state index is -0.831. The molecule has 1 aromatic rings. The third-order valence-electron chi connectivity index (χ3n) is 3.39. The van der Waals surface area contributed by atoms with Gasteiger partial charge in [0.25, 0.3) is 0 Å². The SMILES string of the molecule is CN(CC(=O)N1CCC[C@H](C(=O)O)C1)c1ncccn1. The Balaban J connectivity index is 1.93. The standard InChI is InChI=1S/C13H18N4O3/c1-16(13-14-5-3-6-15-13)9-11(18)17-7-2-4-10(8-17)12(19)20/h3,5-6,10H,2,4,7-9H2,1H3,(H,19,20)/t10-/m0/s1. The normalized spacial score (nSPS) is 18.6. The molecule has 0 aromatic carbocycles. The average molecular weight is 278 g/mol. The van der Waals surface area contributed by atoms with E-state index < -0.39 is 11.9 Å². The number of rotatable bonds is 4. The van der Waals surface area contributed by atoms with Crippen LogP contribution in [0.15, 0.2) is 18.5 Å². The van der Waals surface area contributed by atoms with E-state index in [0.717, 1.165) is 6.42 Å². The molecule has 0 saturated carbocycles. The van der Waals surface area contributed by atoms with Crippen LogP contribution in [0.2, 0.25) is 0 Å². The van der Waals surface area contributed by atoms with Gasteiger partial charge in [-0.2, -0.15) is 0 Å². The Hall–Kier alpha value is -2.18. The third-order valence-corrected chi connectivity index (χ3v) is 3.39. The summed E-state index contributed by atoms with van der Waals surface area (Å²) in [6.45, 7) is 1.06. The van der Waals surface area contributed by atoms with Crippen molar-refractivity contribution in [3.05, 3.63) is 18.5 Å². The molecule has 2 rings (SSSR count). The molecule has 0 bridgehead atoms. The second-order valence-corrected chi connectivity index (χ2v) is 4.92. The maximum Gasteiger partial charge on any atom is 0.308 e. The second kappa shape index (κ2) is 6.31. The summed E-state index contributed by atoms with van der Waals surface area (Å²) in [6, 6.07) is 1.71. The van der Waals surface area contributed by atoms with E-state index in [1.54, 1.807) is 35.3 Å². The van der Waals surface area contributed by atoms with Gasteiger partial charge < -0.3 is 14.9 Å². The lowest BCUT2D eigenvalue weighted by molar-refractivity contribution is -0.145. The topological polar surface area (TPSA) is 86.6 Å². The van der Waals surface area contributed by atoms with Crippen molar-refractivity contribution in [1.82, 2.24) is 14.9 Å². The van der Waals surface area contributed by atoms with Gasteiger partial charge >= 0.3 is 5.97 Å². The van der Waals surface area contributed by atoms with E-state index in [1.807, 2.05) is 0 Å². The number of aliphatic carboxylic acids is 1. The van der Waals surface area contributed by atoms with Gasteiger partial charge in [-0.25, -0.2) is 9.97 Å². The van der Waals surface area contributed by atoms with Crippen molar-refractivity contribution in [2.24, 2.45) is 5.92 Å². The van der Waals surface area contributed by atoms with Crippen LogP contribution in [0.3, 0.4) is 0 Å². The maximum atomic E-state index is 12.2. The molecule has 7 heteroatoms. The highest BCUT2D eigenvalue weighted by atomic mass is 16.4. The fourth-order valence-electron chi connectivity index (χ4n) is 2.27. The van der Waals surface area contributed by atoms with Crippen LogP contribution in [0.1, 0.15) is 12.8 Å². The highest BCUT2D eigenvalue weighted by Crippen LogP contribution is 2.17. The Morgan fingerprint density at radius 3 is 2.80 bits per heavy atom. The van der Waals surface area contributed by atoms with Gasteiger partial charge in [-0.05, 0) is 18.9 Å². The quantitative estimate of drug-likeness (QED) is 0.848. The van der Waals surface area contributed by atoms with Gasteiger partial charge in [-0.1, -0.05) is 0 Å². The summed E-state index contributed by atoms with van der Waals surface area (Å²) in [7, 11) is 1.74. The molecular formula is C13H18N4O3. The van der Waals surface area contributed by atoms with Crippen molar-refractivity contribution in [3.63, 3.8) is 0 Å². The Morgan fingerprint density at radius 1 is 1.45 bits per heavy atom. The van der Waals surface area contributed by atoms with Gasteiger partial charge in [-0.3, -0.25) is 9.59 Å². The summed E-state index contributed by atoms with van der Waals surface area (Å²) in [6.07, 6.45) is 4.60. The van der Waals surface area contributed by atoms with Crippen LogP contribution in [0.25, 0.3) is 0 Å². The van der Waals surface area contributed by atoms with E-state index in [-0.39, 0.29) is 19.0 Å². The van der Waals surface area contributed by atoms with Gasteiger partial charge in [-0.15, -0.1) is 0 Å². The second-order valence-electron chi connectivity index (χ2n) is 4.92. The molecule has 108 valence electrons. The van der Waals surface area contributed by atoms with E-state index in [2.05, 4.69) is 9.97 Å². The first-order valence-corrected chi connectivity index (χ1v) is 6.56. The molecule has 0 aliphatic carbocycles. The number of anilines is 1. The number of hydrogen-bond acceptors (Lipinski definition) is 5. The van der Waals surface area contributed by atoms with Gasteiger partial charge in [0.15, 0.2) is 0 Å². The first-order valence-electron chi connectivity index (χ1n) is 6.56. The van der Waals surface area contributed by atoms with Gasteiger partial charge in [0.05, 0.1) is 12.5 Å². The summed E-state index contributed by atoms with van der Waals surface area (Å²) >= 11 is 0. The number of likely N-dealkylation sites (N-methyl/N-ethyl adjacent to an activating group) is 1. The number of carbonyl (C=O) groups excluding carboxylic acids is 1. The van der Waals surface area contributed by atoms with Crippen LogP contribution in [-0.2, 0) is 9.59 Å². The molecule has 20 heavy (non-hydrogen) atoms. The van der Waals surface area contributed by atoms with Crippen molar-refractivity contribution in [2.75, 3.05) is 31.6 Å². The molecule has 0 radical (unpaired) electrons. The summed E-state index contributed by atoms with van der Waals surface area (Å²) in [5.74, 6) is -0.897. The number of aromatic nitrogens is 2. The first kappa shape index (κ1) is 14.2. The van der Waals surface area contributed by atoms with E-state index in [1.165, 1.54) is 0 Å². The molecule has 1 aliphatic heterocycles. The number of carbonyl (C=O) groups is 2. The van der Waals surface area contributed by atoms with E-state index in [4.69, 9.17) is 5.11 Å². The van der Waals surface area contributed by atoms with Crippen molar-refractivity contribution >= 4 is 17.8 Å². The lowest BCUT2D eigenvalue weighted by atomic mass is 9.98. The first-order chi connectivity index (χ1) is 9.58. The Bertz CT molecular complexity index is 480. The Morgan fingerprint density at radius 2 is 2.15 bits per heavy atom. The van der Waals surface area contributed by atoms with Gasteiger partial charge in [0.1, 0.15) is 0 Å². The predicted octanol–water partition coefficient (Wildman–Crippen LogP) is 0.236. The zero-order valence-corrected chi connectivity index (χ0v) is 11.4. The molecule has 0 unspecified atom stereocenters. The number of nitrogens with zero attached hydrogens (tertiary/aromatic N) is 4. The fourth-order valence-corrected chi connectivity index (χ4v) is 2.27. The van der Waals surface area contributed by atoms with Crippen LogP contribution in [0.5, 0.6) is 0 Å². The average Bonchev–Trinajstić information content (AvgIpc) is 2.48. The number of likely N-dealkylation sites (tertiary alicyclic amines) is 1. The molecule has 1 aromatic heterocycles. The molecular weight excluding hydrogens is 260 g/mol. The lowest BCUT2D eigenvalue weighted by Crippen LogP contribution is -2.46. The minimum absolute atomic E-state index is 0.0918. The predicted molar refractivity (Wildman–Crippen MR) is 72.2 cm³/mol. The highest BCUT2D eigenvalue weighted by Gasteiger charge is 2.28.